The van der Waals surface area contributed by atoms with Crippen LogP contribution in [0.3, 0.4) is 0 Å². The van der Waals surface area contributed by atoms with Crippen LogP contribution in [0, 0.1) is 0 Å². The highest BCUT2D eigenvalue weighted by atomic mass is 79.9. The Bertz CT molecular complexity index is 1090. The number of nitrogens with zero attached hydrogens (tertiary/aromatic N) is 3. The number of fused-ring (bicyclic) bond motifs is 1. The second-order valence-electron chi connectivity index (χ2n) is 6.55. The Kier molecular flexibility index (Phi) is 6.17. The van der Waals surface area contributed by atoms with Crippen LogP contribution < -0.4 is 14.8 Å². The number of amides is 1. The number of anilines is 1. The normalized spacial score (nSPS) is 15.5. The van der Waals surface area contributed by atoms with Crippen molar-refractivity contribution in [1.29, 1.82) is 0 Å². The highest BCUT2D eigenvalue weighted by Crippen LogP contribution is 2.41. The second-order valence-corrected chi connectivity index (χ2v) is 8.22. The first-order valence-corrected chi connectivity index (χ1v) is 10.7. The van der Waals surface area contributed by atoms with E-state index in [0.29, 0.717) is 44.1 Å². The number of hydrogen-bond acceptors (Lipinski definition) is 5. The van der Waals surface area contributed by atoms with Gasteiger partial charge in [-0.3, -0.25) is 10.1 Å². The van der Waals surface area contributed by atoms with E-state index in [1.54, 1.807) is 22.9 Å². The molecule has 4 rings (SSSR count). The van der Waals surface area contributed by atoms with Crippen LogP contribution in [0.4, 0.5) is 5.95 Å². The fourth-order valence-electron chi connectivity index (χ4n) is 3.26. The predicted molar refractivity (Wildman–Crippen MR) is 118 cm³/mol. The lowest BCUT2D eigenvalue weighted by Gasteiger charge is -2.25. The summed E-state index contributed by atoms with van der Waals surface area (Å²) in [4.78, 5) is 16.2. The SMILES string of the molecule is CCOc1cc([C@H]2CC(=O)Nc3ncnn32)cc(Br)c1OCc1c(Cl)cccc1Cl. The summed E-state index contributed by atoms with van der Waals surface area (Å²) in [5.74, 6) is 1.36. The van der Waals surface area contributed by atoms with E-state index >= 15 is 0 Å². The van der Waals surface area contributed by atoms with Gasteiger partial charge >= 0.3 is 0 Å². The van der Waals surface area contributed by atoms with Crippen molar-refractivity contribution in [2.45, 2.75) is 26.0 Å². The third-order valence-electron chi connectivity index (χ3n) is 4.64. The molecule has 10 heteroatoms. The fraction of sp³-hybridized carbons (Fsp3) is 0.250. The lowest BCUT2D eigenvalue weighted by Crippen LogP contribution is -2.29. The molecule has 0 bridgehead atoms. The van der Waals surface area contributed by atoms with Gasteiger partial charge in [-0.1, -0.05) is 29.3 Å². The average molecular weight is 512 g/mol. The number of benzene rings is 2. The van der Waals surface area contributed by atoms with Gasteiger partial charge in [-0.15, -0.1) is 0 Å². The number of halogens is 3. The molecule has 1 N–H and O–H groups in total. The Labute approximate surface area is 191 Å². The molecule has 1 atom stereocenters. The van der Waals surface area contributed by atoms with Crippen molar-refractivity contribution >= 4 is 51.0 Å². The molecule has 0 radical (unpaired) electrons. The topological polar surface area (TPSA) is 78.3 Å². The molecule has 2 heterocycles. The van der Waals surface area contributed by atoms with Gasteiger partial charge in [0, 0.05) is 15.6 Å². The highest BCUT2D eigenvalue weighted by molar-refractivity contribution is 9.10. The molecule has 0 saturated heterocycles. The van der Waals surface area contributed by atoms with Crippen LogP contribution in [0.25, 0.3) is 0 Å². The summed E-state index contributed by atoms with van der Waals surface area (Å²) in [5.41, 5.74) is 1.53. The second kappa shape index (κ2) is 8.83. The Morgan fingerprint density at radius 2 is 2.03 bits per heavy atom. The maximum Gasteiger partial charge on any atom is 0.229 e. The fourth-order valence-corrected chi connectivity index (χ4v) is 4.34. The first kappa shape index (κ1) is 21.0. The molecule has 1 aliphatic rings. The van der Waals surface area contributed by atoms with E-state index in [1.807, 2.05) is 19.1 Å². The molecular formula is C20H17BrCl2N4O3. The van der Waals surface area contributed by atoms with Crippen molar-refractivity contribution in [2.75, 3.05) is 11.9 Å². The van der Waals surface area contributed by atoms with Crippen molar-refractivity contribution in [3.8, 4) is 11.5 Å². The quantitative estimate of drug-likeness (QED) is 0.488. The van der Waals surface area contributed by atoms with Gasteiger partial charge in [0.2, 0.25) is 11.9 Å². The number of ether oxygens (including phenoxy) is 2. The predicted octanol–water partition coefficient (Wildman–Crippen LogP) is 5.26. The molecule has 2 aromatic carbocycles. The van der Waals surface area contributed by atoms with E-state index in [2.05, 4.69) is 31.3 Å². The summed E-state index contributed by atoms with van der Waals surface area (Å²) < 4.78 is 14.2. The van der Waals surface area contributed by atoms with Gasteiger partial charge in [-0.2, -0.15) is 10.1 Å². The summed E-state index contributed by atoms with van der Waals surface area (Å²) in [7, 11) is 0. The summed E-state index contributed by atoms with van der Waals surface area (Å²) in [6.45, 7) is 2.51. The van der Waals surface area contributed by atoms with Crippen LogP contribution in [0.15, 0.2) is 41.1 Å². The van der Waals surface area contributed by atoms with Gasteiger partial charge in [0.15, 0.2) is 11.5 Å². The molecule has 1 aliphatic heterocycles. The first-order chi connectivity index (χ1) is 14.5. The summed E-state index contributed by atoms with van der Waals surface area (Å²) >= 11 is 16.1. The molecule has 1 amide bonds. The minimum absolute atomic E-state index is 0.122. The Hall–Kier alpha value is -2.29. The molecule has 0 spiro atoms. The summed E-state index contributed by atoms with van der Waals surface area (Å²) in [5, 5.41) is 8.01. The summed E-state index contributed by atoms with van der Waals surface area (Å²) in [6.07, 6.45) is 1.65. The molecule has 0 unspecified atom stereocenters. The van der Waals surface area contributed by atoms with Crippen LogP contribution in [0.2, 0.25) is 10.0 Å². The van der Waals surface area contributed by atoms with Gasteiger partial charge in [0.25, 0.3) is 0 Å². The van der Waals surface area contributed by atoms with Crippen molar-refractivity contribution in [1.82, 2.24) is 14.8 Å². The van der Waals surface area contributed by atoms with Crippen molar-refractivity contribution in [3.05, 3.63) is 62.3 Å². The molecule has 7 nitrogen and oxygen atoms in total. The molecule has 0 fully saturated rings. The van der Waals surface area contributed by atoms with Gasteiger partial charge in [-0.25, -0.2) is 4.68 Å². The molecule has 0 aliphatic carbocycles. The molecular weight excluding hydrogens is 495 g/mol. The van der Waals surface area contributed by atoms with E-state index in [-0.39, 0.29) is 25.0 Å². The van der Waals surface area contributed by atoms with Crippen LogP contribution in [-0.2, 0) is 11.4 Å². The third kappa shape index (κ3) is 4.12. The minimum atomic E-state index is -0.307. The monoisotopic (exact) mass is 510 g/mol. The van der Waals surface area contributed by atoms with Crippen molar-refractivity contribution in [2.24, 2.45) is 0 Å². The Morgan fingerprint density at radius 3 is 2.77 bits per heavy atom. The molecule has 1 aromatic heterocycles. The number of aromatic nitrogens is 3. The molecule has 156 valence electrons. The van der Waals surface area contributed by atoms with Crippen molar-refractivity contribution < 1.29 is 14.3 Å². The van der Waals surface area contributed by atoms with Gasteiger partial charge in [0.1, 0.15) is 12.9 Å². The molecule has 3 aromatic rings. The zero-order chi connectivity index (χ0) is 21.3. The van der Waals surface area contributed by atoms with Crippen molar-refractivity contribution in [3.63, 3.8) is 0 Å². The summed E-state index contributed by atoms with van der Waals surface area (Å²) in [6, 6.07) is 8.74. The average Bonchev–Trinajstić information content (AvgIpc) is 3.17. The standard InChI is InChI=1S/C20H17BrCl2N4O3/c1-2-29-17-7-11(16-8-18(28)26-20-24-10-25-27(16)20)6-13(21)19(17)30-9-12-14(22)4-3-5-15(12)23/h3-7,10,16H,2,8-9H2,1H3,(H,24,25,26,28)/t16-/m1/s1. The third-order valence-corrected chi connectivity index (χ3v) is 5.93. The molecule has 0 saturated carbocycles. The highest BCUT2D eigenvalue weighted by Gasteiger charge is 2.29. The molecule has 30 heavy (non-hydrogen) atoms. The number of hydrogen-bond donors (Lipinski definition) is 1. The zero-order valence-electron chi connectivity index (χ0n) is 15.9. The first-order valence-electron chi connectivity index (χ1n) is 9.19. The van der Waals surface area contributed by atoms with E-state index in [0.717, 1.165) is 5.56 Å². The van der Waals surface area contributed by atoms with Crippen LogP contribution in [0.1, 0.15) is 30.5 Å². The maximum absolute atomic E-state index is 12.1. The lowest BCUT2D eigenvalue weighted by atomic mass is 10.0. The minimum Gasteiger partial charge on any atom is -0.490 e. The maximum atomic E-state index is 12.1. The van der Waals surface area contributed by atoms with Gasteiger partial charge in [-0.05, 0) is 52.7 Å². The van der Waals surface area contributed by atoms with E-state index in [1.165, 1.54) is 6.33 Å². The van der Waals surface area contributed by atoms with Gasteiger partial charge < -0.3 is 9.47 Å². The van der Waals surface area contributed by atoms with Gasteiger partial charge in [0.05, 0.1) is 23.5 Å². The van der Waals surface area contributed by atoms with E-state index in [4.69, 9.17) is 32.7 Å². The number of rotatable bonds is 6. The lowest BCUT2D eigenvalue weighted by molar-refractivity contribution is -0.117. The largest absolute Gasteiger partial charge is 0.490 e. The van der Waals surface area contributed by atoms with Crippen LogP contribution in [0.5, 0.6) is 11.5 Å². The number of carbonyl (C=O) groups excluding carboxylic acids is 1. The number of nitrogens with one attached hydrogen (secondary N) is 1. The Morgan fingerprint density at radius 1 is 1.27 bits per heavy atom. The van der Waals surface area contributed by atoms with Crippen LogP contribution in [-0.4, -0.2) is 27.3 Å². The smallest absolute Gasteiger partial charge is 0.229 e. The van der Waals surface area contributed by atoms with E-state index in [9.17, 15) is 4.79 Å². The van der Waals surface area contributed by atoms with Crippen LogP contribution >= 0.6 is 39.1 Å². The number of carbonyl (C=O) groups is 1. The zero-order valence-corrected chi connectivity index (χ0v) is 19.0. The Balaban J connectivity index is 1.68. The van der Waals surface area contributed by atoms with E-state index < -0.39 is 0 Å².